The lowest BCUT2D eigenvalue weighted by molar-refractivity contribution is -0.122. The van der Waals surface area contributed by atoms with Crippen LogP contribution in [-0.2, 0) is 4.79 Å². The number of rotatable bonds is 3. The van der Waals surface area contributed by atoms with Crippen LogP contribution < -0.4 is 0 Å². The number of thioether (sulfide) groups is 1. The minimum absolute atomic E-state index is 0.168. The van der Waals surface area contributed by atoms with Crippen LogP contribution >= 0.6 is 50.3 Å². The van der Waals surface area contributed by atoms with Gasteiger partial charge in [-0.3, -0.25) is 14.5 Å². The number of phenols is 1. The summed E-state index contributed by atoms with van der Waals surface area (Å²) in [5, 5.41) is 9.46. The Balaban J connectivity index is 2.33. The number of amides is 2. The molecule has 106 valence electrons. The molecule has 1 saturated heterocycles. The predicted molar refractivity (Wildman–Crippen MR) is 91.5 cm³/mol. The molecule has 0 radical (unpaired) electrons. The molecule has 0 atom stereocenters. The molecule has 0 spiro atoms. The fourth-order valence-corrected chi connectivity index (χ4v) is 4.10. The van der Waals surface area contributed by atoms with Gasteiger partial charge in [-0.2, -0.15) is 0 Å². The lowest BCUT2D eigenvalue weighted by atomic mass is 10.2. The molecule has 1 aromatic carbocycles. The number of imide groups is 1. The van der Waals surface area contributed by atoms with Gasteiger partial charge >= 0.3 is 0 Å². The summed E-state index contributed by atoms with van der Waals surface area (Å²) in [6, 6.07) is 3.47. The highest BCUT2D eigenvalue weighted by atomic mass is 127. The zero-order chi connectivity index (χ0) is 14.9. The Hall–Kier alpha value is -0.540. The van der Waals surface area contributed by atoms with Crippen molar-refractivity contribution in [2.75, 3.05) is 6.54 Å². The lowest BCUT2D eigenvalue weighted by Gasteiger charge is -2.09. The molecule has 0 unspecified atom stereocenters. The van der Waals surface area contributed by atoms with Gasteiger partial charge in [0, 0.05) is 6.54 Å². The molecular weight excluding hydrogens is 457 g/mol. The van der Waals surface area contributed by atoms with E-state index in [1.807, 2.05) is 29.5 Å². The summed E-state index contributed by atoms with van der Waals surface area (Å²) in [6.45, 7) is 2.37. The maximum Gasteiger partial charge on any atom is 0.293 e. The van der Waals surface area contributed by atoms with E-state index < -0.39 is 0 Å². The number of hydrogen-bond acceptors (Lipinski definition) is 4. The van der Waals surface area contributed by atoms with Gasteiger partial charge in [-0.15, -0.1) is 0 Å². The maximum absolute atomic E-state index is 12.1. The average molecular weight is 468 g/mol. The molecule has 2 rings (SSSR count). The quantitative estimate of drug-likeness (QED) is 0.534. The maximum atomic E-state index is 12.1. The second kappa shape index (κ2) is 6.48. The van der Waals surface area contributed by atoms with Crippen molar-refractivity contribution < 1.29 is 14.7 Å². The second-order valence-electron chi connectivity index (χ2n) is 4.17. The Bertz CT molecular complexity index is 595. The molecule has 0 saturated carbocycles. The van der Waals surface area contributed by atoms with Gasteiger partial charge in [-0.05, 0) is 80.5 Å². The Morgan fingerprint density at radius 2 is 2.15 bits per heavy atom. The number of hydrogen-bond donors (Lipinski definition) is 1. The predicted octanol–water partition coefficient (Wildman–Crippen LogP) is 4.21. The molecule has 4 nitrogen and oxygen atoms in total. The Morgan fingerprint density at radius 1 is 1.45 bits per heavy atom. The smallest absolute Gasteiger partial charge is 0.293 e. The summed E-state index contributed by atoms with van der Waals surface area (Å²) in [7, 11) is 0. The van der Waals surface area contributed by atoms with Crippen molar-refractivity contribution in [1.82, 2.24) is 4.90 Å². The van der Waals surface area contributed by atoms with Crippen molar-refractivity contribution in [3.63, 3.8) is 0 Å². The number of halogens is 2. The van der Waals surface area contributed by atoms with E-state index in [-0.39, 0.29) is 16.9 Å². The van der Waals surface area contributed by atoms with Crippen LogP contribution in [0, 0.1) is 3.57 Å². The molecule has 1 fully saturated rings. The summed E-state index contributed by atoms with van der Waals surface area (Å²) < 4.78 is 1.24. The van der Waals surface area contributed by atoms with E-state index >= 15 is 0 Å². The molecule has 2 amide bonds. The Labute approximate surface area is 142 Å². The van der Waals surface area contributed by atoms with Crippen LogP contribution in [0.15, 0.2) is 21.5 Å². The SMILES string of the molecule is CCCN1C(=O)S/C(=C/c2cc(Br)c(O)c(I)c2)C1=O. The third-order valence-corrected chi connectivity index (χ3v) is 4.99. The van der Waals surface area contributed by atoms with Crippen molar-refractivity contribution in [1.29, 1.82) is 0 Å². The van der Waals surface area contributed by atoms with Crippen LogP contribution in [0.2, 0.25) is 0 Å². The first kappa shape index (κ1) is 15.8. The van der Waals surface area contributed by atoms with E-state index in [1.165, 1.54) is 4.90 Å². The number of nitrogens with zero attached hydrogens (tertiary/aromatic N) is 1. The molecule has 0 aromatic heterocycles. The first-order chi connectivity index (χ1) is 9.43. The highest BCUT2D eigenvalue weighted by molar-refractivity contribution is 14.1. The van der Waals surface area contributed by atoms with Crippen LogP contribution in [0.5, 0.6) is 5.75 Å². The standard InChI is InChI=1S/C13H11BrINO3S/c1-2-3-16-12(18)10(20-13(16)19)6-7-4-8(14)11(17)9(15)5-7/h4-6,17H,2-3H2,1H3/b10-6+. The summed E-state index contributed by atoms with van der Waals surface area (Å²) in [6.07, 6.45) is 2.42. The van der Waals surface area contributed by atoms with Crippen molar-refractivity contribution in [2.24, 2.45) is 0 Å². The number of carbonyl (C=O) groups excluding carboxylic acids is 2. The monoisotopic (exact) mass is 467 g/mol. The first-order valence-electron chi connectivity index (χ1n) is 5.87. The van der Waals surface area contributed by atoms with Gasteiger partial charge in [0.05, 0.1) is 12.9 Å². The normalized spacial score (nSPS) is 17.4. The molecule has 1 aliphatic rings. The van der Waals surface area contributed by atoms with Crippen LogP contribution in [0.25, 0.3) is 6.08 Å². The van der Waals surface area contributed by atoms with Gasteiger partial charge in [0.15, 0.2) is 0 Å². The average Bonchev–Trinajstić information content (AvgIpc) is 2.64. The molecule has 7 heteroatoms. The van der Waals surface area contributed by atoms with Gasteiger partial charge < -0.3 is 5.11 Å². The molecular formula is C13H11BrINO3S. The van der Waals surface area contributed by atoms with Gasteiger partial charge in [0.25, 0.3) is 11.1 Å². The summed E-state index contributed by atoms with van der Waals surface area (Å²) >= 11 is 6.22. The van der Waals surface area contributed by atoms with Gasteiger partial charge in [-0.1, -0.05) is 6.92 Å². The molecule has 1 N–H and O–H groups in total. The summed E-state index contributed by atoms with van der Waals surface area (Å²) in [5.74, 6) is -0.0807. The summed E-state index contributed by atoms with van der Waals surface area (Å²) in [5.41, 5.74) is 0.765. The zero-order valence-electron chi connectivity index (χ0n) is 10.5. The van der Waals surface area contributed by atoms with Crippen molar-refractivity contribution in [3.05, 3.63) is 30.6 Å². The molecule has 1 aliphatic heterocycles. The third-order valence-electron chi connectivity index (χ3n) is 2.66. The molecule has 0 bridgehead atoms. The van der Waals surface area contributed by atoms with Crippen LogP contribution in [0.4, 0.5) is 4.79 Å². The van der Waals surface area contributed by atoms with Crippen LogP contribution in [0.3, 0.4) is 0 Å². The molecule has 0 aliphatic carbocycles. The van der Waals surface area contributed by atoms with E-state index in [0.717, 1.165) is 23.7 Å². The first-order valence-corrected chi connectivity index (χ1v) is 8.56. The fourth-order valence-electron chi connectivity index (χ4n) is 1.74. The van der Waals surface area contributed by atoms with Gasteiger partial charge in [0.2, 0.25) is 0 Å². The zero-order valence-corrected chi connectivity index (χ0v) is 15.1. The van der Waals surface area contributed by atoms with Crippen LogP contribution in [0.1, 0.15) is 18.9 Å². The Kier molecular flexibility index (Phi) is 5.14. The van der Waals surface area contributed by atoms with Gasteiger partial charge in [-0.25, -0.2) is 0 Å². The van der Waals surface area contributed by atoms with Crippen LogP contribution in [-0.4, -0.2) is 27.7 Å². The number of benzene rings is 1. The lowest BCUT2D eigenvalue weighted by Crippen LogP contribution is -2.28. The highest BCUT2D eigenvalue weighted by Gasteiger charge is 2.34. The van der Waals surface area contributed by atoms with Crippen molar-refractivity contribution >= 4 is 67.5 Å². The van der Waals surface area contributed by atoms with Crippen molar-refractivity contribution in [3.8, 4) is 5.75 Å². The third kappa shape index (κ3) is 3.20. The molecule has 1 aromatic rings. The summed E-state index contributed by atoms with van der Waals surface area (Å²) in [4.78, 5) is 25.5. The van der Waals surface area contributed by atoms with Gasteiger partial charge in [0.1, 0.15) is 5.75 Å². The Morgan fingerprint density at radius 3 is 2.75 bits per heavy atom. The number of phenolic OH excluding ortho intramolecular Hbond substituents is 1. The molecule has 20 heavy (non-hydrogen) atoms. The second-order valence-corrected chi connectivity index (χ2v) is 7.18. The number of aromatic hydroxyl groups is 1. The molecule has 1 heterocycles. The van der Waals surface area contributed by atoms with Crippen molar-refractivity contribution in [2.45, 2.75) is 13.3 Å². The van der Waals surface area contributed by atoms with E-state index in [4.69, 9.17) is 0 Å². The van der Waals surface area contributed by atoms with E-state index in [9.17, 15) is 14.7 Å². The topological polar surface area (TPSA) is 57.6 Å². The fraction of sp³-hybridized carbons (Fsp3) is 0.231. The minimum atomic E-state index is -0.249. The van der Waals surface area contributed by atoms with E-state index in [1.54, 1.807) is 18.2 Å². The van der Waals surface area contributed by atoms with E-state index in [0.29, 0.717) is 19.5 Å². The highest BCUT2D eigenvalue weighted by Crippen LogP contribution is 2.35. The minimum Gasteiger partial charge on any atom is -0.506 e. The largest absolute Gasteiger partial charge is 0.506 e. The number of carbonyl (C=O) groups is 2. The van der Waals surface area contributed by atoms with E-state index in [2.05, 4.69) is 15.9 Å².